The molecule has 0 fully saturated rings. The first-order chi connectivity index (χ1) is 6.18. The van der Waals surface area contributed by atoms with Gasteiger partial charge in [-0.05, 0) is 18.2 Å². The van der Waals surface area contributed by atoms with Gasteiger partial charge in [-0.15, -0.1) is 0 Å². The number of hydrogen-bond acceptors (Lipinski definition) is 3. The minimum absolute atomic E-state index is 0.309. The van der Waals surface area contributed by atoms with Gasteiger partial charge >= 0.3 is 0 Å². The summed E-state index contributed by atoms with van der Waals surface area (Å²) < 4.78 is 0. The summed E-state index contributed by atoms with van der Waals surface area (Å²) in [6, 6.07) is 7.35. The van der Waals surface area contributed by atoms with Gasteiger partial charge in [-0.3, -0.25) is 4.79 Å². The normalized spacial score (nSPS) is 9.54. The van der Waals surface area contributed by atoms with Gasteiger partial charge in [0.15, 0.2) is 0 Å². The third-order valence-electron chi connectivity index (χ3n) is 1.59. The lowest BCUT2D eigenvalue weighted by atomic mass is 10.3. The van der Waals surface area contributed by atoms with E-state index in [9.17, 15) is 4.79 Å². The molecule has 0 heterocycles. The van der Waals surface area contributed by atoms with E-state index in [-0.39, 0.29) is 5.91 Å². The van der Waals surface area contributed by atoms with Crippen molar-refractivity contribution in [3.05, 3.63) is 24.3 Å². The molecule has 0 aliphatic rings. The fourth-order valence-electron chi connectivity index (χ4n) is 0.979. The van der Waals surface area contributed by atoms with E-state index >= 15 is 0 Å². The number of carbonyl (C=O) groups excluding carboxylic acids is 1. The lowest BCUT2D eigenvalue weighted by Crippen LogP contribution is -2.15. The Hall–Kier alpha value is -1.71. The van der Waals surface area contributed by atoms with Crippen molar-refractivity contribution < 1.29 is 4.79 Å². The molecule has 1 aromatic rings. The summed E-state index contributed by atoms with van der Waals surface area (Å²) in [5, 5.41) is 3.04. The molecule has 0 saturated heterocycles. The van der Waals surface area contributed by atoms with Crippen molar-refractivity contribution in [3.63, 3.8) is 0 Å². The second-order valence-corrected chi connectivity index (χ2v) is 2.77. The Balaban J connectivity index is 2.41. The molecule has 0 aromatic heterocycles. The quantitative estimate of drug-likeness (QED) is 0.590. The van der Waals surface area contributed by atoms with Gasteiger partial charge in [-0.1, -0.05) is 6.07 Å². The summed E-state index contributed by atoms with van der Waals surface area (Å²) in [5.41, 5.74) is 12.1. The van der Waals surface area contributed by atoms with Crippen molar-refractivity contribution in [2.45, 2.75) is 6.42 Å². The van der Waals surface area contributed by atoms with Crippen molar-refractivity contribution >= 4 is 17.3 Å². The number of primary amides is 1. The van der Waals surface area contributed by atoms with Crippen LogP contribution in [0.25, 0.3) is 0 Å². The van der Waals surface area contributed by atoms with Gasteiger partial charge in [0.1, 0.15) is 0 Å². The second kappa shape index (κ2) is 4.35. The first-order valence-corrected chi connectivity index (χ1v) is 4.06. The van der Waals surface area contributed by atoms with E-state index in [1.807, 2.05) is 12.1 Å². The molecule has 0 unspecified atom stereocenters. The molecule has 5 N–H and O–H groups in total. The number of nitrogen functional groups attached to an aromatic ring is 1. The lowest BCUT2D eigenvalue weighted by Gasteiger charge is -2.04. The fraction of sp³-hybridized carbons (Fsp3) is 0.222. The number of benzene rings is 1. The highest BCUT2D eigenvalue weighted by atomic mass is 16.1. The summed E-state index contributed by atoms with van der Waals surface area (Å²) in [5.74, 6) is -0.309. The molecule has 70 valence electrons. The van der Waals surface area contributed by atoms with Gasteiger partial charge < -0.3 is 16.8 Å². The van der Waals surface area contributed by atoms with E-state index < -0.39 is 0 Å². The van der Waals surface area contributed by atoms with Gasteiger partial charge in [0.05, 0.1) is 0 Å². The van der Waals surface area contributed by atoms with Gasteiger partial charge in [-0.2, -0.15) is 0 Å². The molecular formula is C9H13N3O. The van der Waals surface area contributed by atoms with Crippen LogP contribution in [0.2, 0.25) is 0 Å². The average Bonchev–Trinajstić information content (AvgIpc) is 2.03. The Labute approximate surface area is 76.9 Å². The zero-order valence-corrected chi connectivity index (χ0v) is 7.29. The Morgan fingerprint density at radius 3 is 2.85 bits per heavy atom. The summed E-state index contributed by atoms with van der Waals surface area (Å²) >= 11 is 0. The smallest absolute Gasteiger partial charge is 0.219 e. The molecule has 0 aliphatic carbocycles. The Kier molecular flexibility index (Phi) is 3.14. The molecule has 0 radical (unpaired) electrons. The van der Waals surface area contributed by atoms with Crippen LogP contribution in [0.5, 0.6) is 0 Å². The molecular weight excluding hydrogens is 166 g/mol. The third-order valence-corrected chi connectivity index (χ3v) is 1.59. The Morgan fingerprint density at radius 2 is 2.23 bits per heavy atom. The number of nitrogens with two attached hydrogens (primary N) is 2. The minimum atomic E-state index is -0.309. The minimum Gasteiger partial charge on any atom is -0.399 e. The van der Waals surface area contributed by atoms with Crippen molar-refractivity contribution in [2.24, 2.45) is 5.73 Å². The zero-order valence-electron chi connectivity index (χ0n) is 7.29. The number of nitrogens with one attached hydrogen (secondary N) is 1. The topological polar surface area (TPSA) is 81.1 Å². The summed E-state index contributed by atoms with van der Waals surface area (Å²) in [6.45, 7) is 0.540. The van der Waals surface area contributed by atoms with Crippen molar-refractivity contribution in [2.75, 3.05) is 17.6 Å². The van der Waals surface area contributed by atoms with Crippen LogP contribution in [-0.4, -0.2) is 12.5 Å². The van der Waals surface area contributed by atoms with Crippen LogP contribution in [0.4, 0.5) is 11.4 Å². The first kappa shape index (κ1) is 9.38. The summed E-state index contributed by atoms with van der Waals surface area (Å²) in [6.07, 6.45) is 0.328. The molecule has 1 amide bonds. The van der Waals surface area contributed by atoms with Crippen LogP contribution >= 0.6 is 0 Å². The van der Waals surface area contributed by atoms with Crippen molar-refractivity contribution in [1.82, 2.24) is 0 Å². The van der Waals surface area contributed by atoms with Gasteiger partial charge in [0.2, 0.25) is 5.91 Å². The maximum absolute atomic E-state index is 10.4. The predicted octanol–water partition coefficient (Wildman–Crippen LogP) is 0.556. The van der Waals surface area contributed by atoms with E-state index in [0.29, 0.717) is 18.7 Å². The van der Waals surface area contributed by atoms with E-state index in [1.165, 1.54) is 0 Å². The largest absolute Gasteiger partial charge is 0.399 e. The molecule has 1 rings (SSSR count). The molecule has 0 aliphatic heterocycles. The van der Waals surface area contributed by atoms with Crippen LogP contribution < -0.4 is 16.8 Å². The molecule has 4 nitrogen and oxygen atoms in total. The highest BCUT2D eigenvalue weighted by Crippen LogP contribution is 2.11. The lowest BCUT2D eigenvalue weighted by molar-refractivity contribution is -0.117. The highest BCUT2D eigenvalue weighted by molar-refractivity contribution is 5.74. The Bertz CT molecular complexity index is 299. The first-order valence-electron chi connectivity index (χ1n) is 4.06. The highest BCUT2D eigenvalue weighted by Gasteiger charge is 1.94. The van der Waals surface area contributed by atoms with Crippen LogP contribution in [0.3, 0.4) is 0 Å². The van der Waals surface area contributed by atoms with Gasteiger partial charge in [0, 0.05) is 24.3 Å². The molecule has 0 spiro atoms. The number of amides is 1. The SMILES string of the molecule is NC(=O)CCNc1cccc(N)c1. The Morgan fingerprint density at radius 1 is 1.46 bits per heavy atom. The predicted molar refractivity (Wildman–Crippen MR) is 53.2 cm³/mol. The summed E-state index contributed by atoms with van der Waals surface area (Å²) in [7, 11) is 0. The maximum Gasteiger partial charge on any atom is 0.219 e. The van der Waals surface area contributed by atoms with Crippen LogP contribution in [-0.2, 0) is 4.79 Å². The van der Waals surface area contributed by atoms with Crippen molar-refractivity contribution in [1.29, 1.82) is 0 Å². The van der Waals surface area contributed by atoms with E-state index in [2.05, 4.69) is 5.32 Å². The fourth-order valence-corrected chi connectivity index (χ4v) is 0.979. The molecule has 0 atom stereocenters. The monoisotopic (exact) mass is 179 g/mol. The van der Waals surface area contributed by atoms with Crippen LogP contribution in [0.15, 0.2) is 24.3 Å². The second-order valence-electron chi connectivity index (χ2n) is 2.77. The zero-order chi connectivity index (χ0) is 9.68. The number of hydrogen-bond donors (Lipinski definition) is 3. The molecule has 0 bridgehead atoms. The number of anilines is 2. The van der Waals surface area contributed by atoms with E-state index in [0.717, 1.165) is 5.69 Å². The van der Waals surface area contributed by atoms with Crippen LogP contribution in [0, 0.1) is 0 Å². The van der Waals surface area contributed by atoms with Crippen LogP contribution in [0.1, 0.15) is 6.42 Å². The molecule has 4 heteroatoms. The average molecular weight is 179 g/mol. The third kappa shape index (κ3) is 3.46. The number of rotatable bonds is 4. The maximum atomic E-state index is 10.4. The summed E-state index contributed by atoms with van der Waals surface area (Å²) in [4.78, 5) is 10.4. The molecule has 13 heavy (non-hydrogen) atoms. The van der Waals surface area contributed by atoms with Gasteiger partial charge in [0.25, 0.3) is 0 Å². The number of carbonyl (C=O) groups is 1. The standard InChI is InChI=1S/C9H13N3O/c10-7-2-1-3-8(6-7)12-5-4-9(11)13/h1-3,6,12H,4-5,10H2,(H2,11,13). The van der Waals surface area contributed by atoms with E-state index in [4.69, 9.17) is 11.5 Å². The van der Waals surface area contributed by atoms with E-state index in [1.54, 1.807) is 12.1 Å². The molecule has 0 saturated carbocycles. The van der Waals surface area contributed by atoms with Gasteiger partial charge in [-0.25, -0.2) is 0 Å². The van der Waals surface area contributed by atoms with Crippen molar-refractivity contribution in [3.8, 4) is 0 Å². The molecule has 1 aromatic carbocycles.